The predicted octanol–water partition coefficient (Wildman–Crippen LogP) is 4.81. The molecule has 0 spiro atoms. The molecule has 2 fully saturated rings. The number of benzene rings is 1. The molecule has 6 heteroatoms. The van der Waals surface area contributed by atoms with E-state index in [4.69, 9.17) is 26.4 Å². The quantitative estimate of drug-likeness (QED) is 0.685. The molecule has 2 aliphatic carbocycles. The number of hydrogen-bond acceptors (Lipinski definition) is 5. The molecule has 1 heterocycles. The van der Waals surface area contributed by atoms with E-state index in [1.807, 2.05) is 26.2 Å². The van der Waals surface area contributed by atoms with Gasteiger partial charge in [0.25, 0.3) is 0 Å². The molecule has 136 valence electrons. The van der Waals surface area contributed by atoms with Crippen LogP contribution in [0.1, 0.15) is 49.8 Å². The Labute approximate surface area is 157 Å². The molecule has 0 N–H and O–H groups in total. The Hall–Kier alpha value is -0.690. The van der Waals surface area contributed by atoms with E-state index in [9.17, 15) is 4.39 Å². The number of hydrogen-bond donors (Lipinski definition) is 0. The van der Waals surface area contributed by atoms with Crippen LogP contribution in [0.5, 0.6) is 0 Å². The second kappa shape index (κ2) is 6.48. The van der Waals surface area contributed by atoms with Crippen molar-refractivity contribution >= 4 is 28.4 Å². The summed E-state index contributed by atoms with van der Waals surface area (Å²) in [6.45, 7) is 4.51. The molecule has 0 bridgehead atoms. The highest BCUT2D eigenvalue weighted by Crippen LogP contribution is 2.60. The molecule has 0 aromatic heterocycles. The summed E-state index contributed by atoms with van der Waals surface area (Å²) in [4.78, 5) is 0. The van der Waals surface area contributed by atoms with Crippen LogP contribution in [0.2, 0.25) is 0 Å². The summed E-state index contributed by atoms with van der Waals surface area (Å²) in [6, 6.07) is 5.10. The van der Waals surface area contributed by atoms with Gasteiger partial charge in [0.2, 0.25) is 4.38 Å². The maximum absolute atomic E-state index is 13.9. The molecule has 3 nitrogen and oxygen atoms in total. The van der Waals surface area contributed by atoms with Gasteiger partial charge in [0.1, 0.15) is 11.9 Å². The fourth-order valence-electron chi connectivity index (χ4n) is 4.39. The molecule has 1 saturated heterocycles. The molecular weight excluding hydrogens is 359 g/mol. The first-order valence-electron chi connectivity index (χ1n) is 8.73. The van der Waals surface area contributed by atoms with Gasteiger partial charge in [-0.1, -0.05) is 17.8 Å². The number of thiocarbonyl (C=S) groups is 1. The van der Waals surface area contributed by atoms with Gasteiger partial charge in [0.05, 0.1) is 12.7 Å². The smallest absolute Gasteiger partial charge is 0.220 e. The van der Waals surface area contributed by atoms with Gasteiger partial charge in [-0.25, -0.2) is 4.39 Å². The van der Waals surface area contributed by atoms with Crippen LogP contribution in [-0.2, 0) is 14.2 Å². The van der Waals surface area contributed by atoms with Crippen LogP contribution in [-0.4, -0.2) is 29.1 Å². The average Bonchev–Trinajstić information content (AvgIpc) is 3.28. The molecule has 5 atom stereocenters. The monoisotopic (exact) mass is 382 g/mol. The van der Waals surface area contributed by atoms with Crippen LogP contribution in [0.3, 0.4) is 0 Å². The molecule has 1 aliphatic heterocycles. The predicted molar refractivity (Wildman–Crippen MR) is 100 cm³/mol. The van der Waals surface area contributed by atoms with E-state index in [0.29, 0.717) is 28.7 Å². The standard InChI is InChI=1S/C19H23FO3S2/c1-19(2)21-9-17(23-19)15-8-16(22-18(24)25-3)14-6-10(20)4-5-11(14)12-7-13(12)15/h4-6,12-13,15-17H,7-9H2,1-3H3/t12?,13?,15-,16?,17?/m0/s1. The van der Waals surface area contributed by atoms with Crippen LogP contribution in [0.25, 0.3) is 0 Å². The number of thioether (sulfide) groups is 1. The highest BCUT2D eigenvalue weighted by atomic mass is 32.2. The molecule has 0 radical (unpaired) electrons. The molecule has 25 heavy (non-hydrogen) atoms. The van der Waals surface area contributed by atoms with E-state index in [-0.39, 0.29) is 18.0 Å². The van der Waals surface area contributed by atoms with E-state index in [2.05, 4.69) is 0 Å². The Balaban J connectivity index is 1.65. The number of ether oxygens (including phenoxy) is 3. The second-order valence-corrected chi connectivity index (χ2v) is 9.01. The van der Waals surface area contributed by atoms with E-state index in [1.54, 1.807) is 12.1 Å². The van der Waals surface area contributed by atoms with E-state index < -0.39 is 5.79 Å². The van der Waals surface area contributed by atoms with Crippen LogP contribution >= 0.6 is 24.0 Å². The maximum Gasteiger partial charge on any atom is 0.220 e. The number of fused-ring (bicyclic) bond motifs is 3. The van der Waals surface area contributed by atoms with Crippen LogP contribution in [0.15, 0.2) is 18.2 Å². The Morgan fingerprint density at radius 3 is 2.76 bits per heavy atom. The van der Waals surface area contributed by atoms with Gasteiger partial charge in [0.15, 0.2) is 5.79 Å². The molecule has 1 aromatic rings. The maximum atomic E-state index is 13.9. The molecule has 4 unspecified atom stereocenters. The number of halogens is 1. The van der Waals surface area contributed by atoms with E-state index in [1.165, 1.54) is 17.3 Å². The normalized spacial score (nSPS) is 35.4. The van der Waals surface area contributed by atoms with Gasteiger partial charge in [-0.05, 0) is 86.2 Å². The lowest BCUT2D eigenvalue weighted by molar-refractivity contribution is -0.146. The van der Waals surface area contributed by atoms with Gasteiger partial charge < -0.3 is 14.2 Å². The van der Waals surface area contributed by atoms with Crippen molar-refractivity contribution in [2.24, 2.45) is 11.8 Å². The highest BCUT2D eigenvalue weighted by Gasteiger charge is 2.53. The zero-order valence-electron chi connectivity index (χ0n) is 14.7. The number of rotatable bonds is 2. The topological polar surface area (TPSA) is 27.7 Å². The third kappa shape index (κ3) is 3.46. The third-order valence-corrected chi connectivity index (χ3v) is 6.61. The first-order valence-corrected chi connectivity index (χ1v) is 10.4. The summed E-state index contributed by atoms with van der Waals surface area (Å²) in [7, 11) is 0. The zero-order valence-corrected chi connectivity index (χ0v) is 16.3. The van der Waals surface area contributed by atoms with Crippen LogP contribution in [0, 0.1) is 17.7 Å². The Bertz CT molecular complexity index is 693. The molecule has 4 rings (SSSR count). The Kier molecular flexibility index (Phi) is 4.59. The first kappa shape index (κ1) is 17.7. The minimum Gasteiger partial charge on any atom is -0.470 e. The summed E-state index contributed by atoms with van der Waals surface area (Å²) >= 11 is 6.69. The van der Waals surface area contributed by atoms with Crippen molar-refractivity contribution in [2.75, 3.05) is 12.9 Å². The molecular formula is C19H23FO3S2. The highest BCUT2D eigenvalue weighted by molar-refractivity contribution is 8.22. The van der Waals surface area contributed by atoms with Gasteiger partial charge in [-0.3, -0.25) is 0 Å². The van der Waals surface area contributed by atoms with Crippen molar-refractivity contribution in [3.63, 3.8) is 0 Å². The molecule has 3 aliphatic rings. The van der Waals surface area contributed by atoms with Crippen molar-refractivity contribution in [3.05, 3.63) is 35.1 Å². The summed E-state index contributed by atoms with van der Waals surface area (Å²) < 4.78 is 32.4. The van der Waals surface area contributed by atoms with Crippen molar-refractivity contribution in [1.82, 2.24) is 0 Å². The summed E-state index contributed by atoms with van der Waals surface area (Å²) in [5, 5.41) is 0. The summed E-state index contributed by atoms with van der Waals surface area (Å²) in [6.07, 6.45) is 3.64. The SMILES string of the molecule is CSC(=S)OC1C[C@H](C2COC(C)(C)O2)C2CC2c2ccc(F)cc21. The van der Waals surface area contributed by atoms with Crippen LogP contribution in [0.4, 0.5) is 4.39 Å². The third-order valence-electron chi connectivity index (χ3n) is 5.58. The molecule has 1 aromatic carbocycles. The average molecular weight is 383 g/mol. The zero-order chi connectivity index (χ0) is 17.8. The largest absolute Gasteiger partial charge is 0.470 e. The summed E-state index contributed by atoms with van der Waals surface area (Å²) in [5.41, 5.74) is 2.16. The fraction of sp³-hybridized carbons (Fsp3) is 0.632. The second-order valence-electron chi connectivity index (χ2n) is 7.61. The van der Waals surface area contributed by atoms with Crippen LogP contribution < -0.4 is 0 Å². The van der Waals surface area contributed by atoms with E-state index >= 15 is 0 Å². The lowest BCUT2D eigenvalue weighted by Gasteiger charge is -2.27. The molecule has 0 amide bonds. The van der Waals surface area contributed by atoms with Gasteiger partial charge in [0, 0.05) is 0 Å². The van der Waals surface area contributed by atoms with Crippen molar-refractivity contribution < 1.29 is 18.6 Å². The fourth-order valence-corrected chi connectivity index (χ4v) is 4.71. The van der Waals surface area contributed by atoms with Crippen molar-refractivity contribution in [3.8, 4) is 0 Å². The lowest BCUT2D eigenvalue weighted by atomic mass is 9.90. The van der Waals surface area contributed by atoms with Crippen molar-refractivity contribution in [2.45, 2.75) is 50.6 Å². The van der Waals surface area contributed by atoms with Crippen molar-refractivity contribution in [1.29, 1.82) is 0 Å². The van der Waals surface area contributed by atoms with Gasteiger partial charge in [-0.2, -0.15) is 0 Å². The minimum absolute atomic E-state index is 0.0538. The van der Waals surface area contributed by atoms with Gasteiger partial charge >= 0.3 is 0 Å². The summed E-state index contributed by atoms with van der Waals surface area (Å²) in [5.74, 6) is 0.578. The minimum atomic E-state index is -0.536. The molecule has 1 saturated carbocycles. The lowest BCUT2D eigenvalue weighted by Crippen LogP contribution is -2.29. The van der Waals surface area contributed by atoms with Gasteiger partial charge in [-0.15, -0.1) is 0 Å². The van der Waals surface area contributed by atoms with E-state index in [0.717, 1.165) is 18.4 Å². The first-order chi connectivity index (χ1) is 11.9. The Morgan fingerprint density at radius 1 is 1.28 bits per heavy atom. The Morgan fingerprint density at radius 2 is 2.08 bits per heavy atom.